The first kappa shape index (κ1) is 11.9. The van der Waals surface area contributed by atoms with Crippen molar-refractivity contribution < 1.29 is 4.42 Å². The number of aryl methyl sites for hydroxylation is 2. The van der Waals surface area contributed by atoms with Gasteiger partial charge >= 0.3 is 0 Å². The van der Waals surface area contributed by atoms with E-state index in [1.165, 1.54) is 11.9 Å². The average Bonchev–Trinajstić information content (AvgIpc) is 2.96. The lowest BCUT2D eigenvalue weighted by Gasteiger charge is -2.07. The van der Waals surface area contributed by atoms with Crippen LogP contribution in [0.2, 0.25) is 0 Å². The number of nitrogens with zero attached hydrogens (tertiary/aromatic N) is 3. The fourth-order valence-corrected chi connectivity index (χ4v) is 2.17. The monoisotopic (exact) mass is 256 g/mol. The first-order chi connectivity index (χ1) is 9.13. The molecule has 5 heteroatoms. The van der Waals surface area contributed by atoms with Gasteiger partial charge in [0.15, 0.2) is 0 Å². The van der Waals surface area contributed by atoms with E-state index in [2.05, 4.69) is 23.1 Å². The zero-order chi connectivity index (χ0) is 13.4. The molecule has 3 rings (SSSR count). The molecule has 5 nitrogen and oxygen atoms in total. The summed E-state index contributed by atoms with van der Waals surface area (Å²) in [5.74, 6) is 1.63. The molecular formula is C14H16N4O. The predicted molar refractivity (Wildman–Crippen MR) is 72.6 cm³/mol. The van der Waals surface area contributed by atoms with Crippen LogP contribution in [-0.4, -0.2) is 14.8 Å². The largest absolute Gasteiger partial charge is 0.459 e. The molecule has 0 spiro atoms. The Kier molecular flexibility index (Phi) is 2.83. The van der Waals surface area contributed by atoms with Crippen molar-refractivity contribution in [3.8, 4) is 0 Å². The molecule has 0 aliphatic heterocycles. The number of nitrogens with two attached hydrogens (primary N) is 1. The van der Waals surface area contributed by atoms with Crippen molar-refractivity contribution >= 4 is 11.0 Å². The molecule has 19 heavy (non-hydrogen) atoms. The maximum absolute atomic E-state index is 6.18. The first-order valence-electron chi connectivity index (χ1n) is 6.22. The first-order valence-corrected chi connectivity index (χ1v) is 6.22. The van der Waals surface area contributed by atoms with Crippen LogP contribution in [0.4, 0.5) is 0 Å². The van der Waals surface area contributed by atoms with Gasteiger partial charge in [-0.15, -0.1) is 0 Å². The van der Waals surface area contributed by atoms with E-state index in [-0.39, 0.29) is 6.04 Å². The molecule has 0 amide bonds. The highest BCUT2D eigenvalue weighted by Crippen LogP contribution is 2.25. The van der Waals surface area contributed by atoms with E-state index in [9.17, 15) is 0 Å². The van der Waals surface area contributed by atoms with E-state index in [0.29, 0.717) is 6.42 Å². The maximum atomic E-state index is 6.18. The molecular weight excluding hydrogens is 240 g/mol. The summed E-state index contributed by atoms with van der Waals surface area (Å²) >= 11 is 0. The Morgan fingerprint density at radius 2 is 2.21 bits per heavy atom. The summed E-state index contributed by atoms with van der Waals surface area (Å²) in [6, 6.07) is 7.89. The molecule has 3 aromatic rings. The van der Waals surface area contributed by atoms with Crippen LogP contribution in [0.15, 0.2) is 35.0 Å². The number of fused-ring (bicyclic) bond motifs is 1. The van der Waals surface area contributed by atoms with Crippen LogP contribution in [0.1, 0.15) is 23.2 Å². The number of furan rings is 1. The van der Waals surface area contributed by atoms with Crippen molar-refractivity contribution in [1.29, 1.82) is 0 Å². The third-order valence-corrected chi connectivity index (χ3v) is 3.26. The van der Waals surface area contributed by atoms with Gasteiger partial charge in [0.25, 0.3) is 0 Å². The van der Waals surface area contributed by atoms with Gasteiger partial charge in [0, 0.05) is 18.9 Å². The lowest BCUT2D eigenvalue weighted by atomic mass is 10.1. The van der Waals surface area contributed by atoms with Crippen LogP contribution >= 0.6 is 0 Å². The molecule has 2 N–H and O–H groups in total. The molecule has 98 valence electrons. The van der Waals surface area contributed by atoms with Gasteiger partial charge in [-0.3, -0.25) is 4.68 Å². The molecule has 0 bridgehead atoms. The minimum Gasteiger partial charge on any atom is -0.459 e. The van der Waals surface area contributed by atoms with Gasteiger partial charge in [-0.1, -0.05) is 11.6 Å². The predicted octanol–water partition coefficient (Wildman–Crippen LogP) is 2.11. The second-order valence-electron chi connectivity index (χ2n) is 4.80. The van der Waals surface area contributed by atoms with Crippen molar-refractivity contribution in [2.75, 3.05) is 0 Å². The minimum absolute atomic E-state index is 0.212. The quantitative estimate of drug-likeness (QED) is 0.779. The molecule has 1 atom stereocenters. The van der Waals surface area contributed by atoms with E-state index in [1.54, 1.807) is 4.68 Å². The zero-order valence-corrected chi connectivity index (χ0v) is 11.0. The summed E-state index contributed by atoms with van der Waals surface area (Å²) in [7, 11) is 1.86. The third kappa shape index (κ3) is 2.24. The summed E-state index contributed by atoms with van der Waals surface area (Å²) in [4.78, 5) is 4.18. The van der Waals surface area contributed by atoms with Gasteiger partial charge < -0.3 is 10.2 Å². The summed E-state index contributed by atoms with van der Waals surface area (Å²) in [5.41, 5.74) is 8.26. The van der Waals surface area contributed by atoms with Crippen molar-refractivity contribution in [2.45, 2.75) is 19.4 Å². The highest BCUT2D eigenvalue weighted by atomic mass is 16.3. The Labute approximate surface area is 111 Å². The Balaban J connectivity index is 1.89. The molecule has 2 heterocycles. The summed E-state index contributed by atoms with van der Waals surface area (Å²) in [6.45, 7) is 2.06. The topological polar surface area (TPSA) is 69.9 Å². The number of hydrogen-bond acceptors (Lipinski definition) is 4. The molecule has 0 fully saturated rings. The number of rotatable bonds is 3. The maximum Gasteiger partial charge on any atom is 0.138 e. The minimum atomic E-state index is -0.212. The molecule has 0 aliphatic carbocycles. The highest BCUT2D eigenvalue weighted by Gasteiger charge is 2.15. The summed E-state index contributed by atoms with van der Waals surface area (Å²) in [6.07, 6.45) is 2.14. The van der Waals surface area contributed by atoms with Crippen LogP contribution in [0.25, 0.3) is 11.0 Å². The van der Waals surface area contributed by atoms with Crippen LogP contribution in [0, 0.1) is 6.92 Å². The van der Waals surface area contributed by atoms with Crippen LogP contribution in [-0.2, 0) is 13.5 Å². The molecule has 0 saturated heterocycles. The van der Waals surface area contributed by atoms with Gasteiger partial charge in [-0.05, 0) is 25.1 Å². The number of benzene rings is 1. The van der Waals surface area contributed by atoms with Gasteiger partial charge in [0.05, 0.1) is 6.04 Å². The zero-order valence-electron chi connectivity index (χ0n) is 11.0. The molecule has 0 radical (unpaired) electrons. The van der Waals surface area contributed by atoms with E-state index < -0.39 is 0 Å². The van der Waals surface area contributed by atoms with E-state index >= 15 is 0 Å². The molecule has 0 aliphatic rings. The fourth-order valence-electron chi connectivity index (χ4n) is 2.17. The number of aromatic nitrogens is 3. The normalized spacial score (nSPS) is 13.0. The van der Waals surface area contributed by atoms with Gasteiger partial charge in [0.1, 0.15) is 23.5 Å². The lowest BCUT2D eigenvalue weighted by molar-refractivity contribution is 0.483. The van der Waals surface area contributed by atoms with Crippen LogP contribution < -0.4 is 5.73 Å². The second kappa shape index (κ2) is 4.51. The van der Waals surface area contributed by atoms with Gasteiger partial charge in [0.2, 0.25) is 0 Å². The summed E-state index contributed by atoms with van der Waals surface area (Å²) < 4.78 is 7.52. The Hall–Kier alpha value is -2.14. The molecule has 2 aromatic heterocycles. The summed E-state index contributed by atoms with van der Waals surface area (Å²) in [5, 5.41) is 5.12. The van der Waals surface area contributed by atoms with E-state index in [1.807, 2.05) is 25.2 Å². The molecule has 0 saturated carbocycles. The second-order valence-corrected chi connectivity index (χ2v) is 4.80. The van der Waals surface area contributed by atoms with Crippen LogP contribution in [0.5, 0.6) is 0 Å². The van der Waals surface area contributed by atoms with Crippen LogP contribution in [0.3, 0.4) is 0 Å². The van der Waals surface area contributed by atoms with Gasteiger partial charge in [-0.2, -0.15) is 5.10 Å². The van der Waals surface area contributed by atoms with Crippen molar-refractivity contribution in [3.05, 3.63) is 47.7 Å². The SMILES string of the molecule is Cc1ccc2oc(C(N)Cc3ncnn3C)cc2c1. The lowest BCUT2D eigenvalue weighted by Crippen LogP contribution is -2.15. The highest BCUT2D eigenvalue weighted by molar-refractivity contribution is 5.78. The van der Waals surface area contributed by atoms with E-state index in [4.69, 9.17) is 10.2 Å². The average molecular weight is 256 g/mol. The van der Waals surface area contributed by atoms with Crippen molar-refractivity contribution in [1.82, 2.24) is 14.8 Å². The smallest absolute Gasteiger partial charge is 0.138 e. The van der Waals surface area contributed by atoms with Crippen molar-refractivity contribution in [2.24, 2.45) is 12.8 Å². The van der Waals surface area contributed by atoms with E-state index in [0.717, 1.165) is 22.6 Å². The molecule has 1 unspecified atom stereocenters. The standard InChI is InChI=1S/C14H16N4O/c1-9-3-4-12-10(5-9)6-13(19-12)11(15)7-14-16-8-17-18(14)2/h3-6,8,11H,7,15H2,1-2H3. The third-order valence-electron chi connectivity index (χ3n) is 3.26. The Bertz CT molecular complexity index is 713. The fraction of sp³-hybridized carbons (Fsp3) is 0.286. The Morgan fingerprint density at radius 3 is 2.95 bits per heavy atom. The number of hydrogen-bond donors (Lipinski definition) is 1. The Morgan fingerprint density at radius 1 is 1.37 bits per heavy atom. The van der Waals surface area contributed by atoms with Crippen molar-refractivity contribution in [3.63, 3.8) is 0 Å². The molecule has 1 aromatic carbocycles. The van der Waals surface area contributed by atoms with Gasteiger partial charge in [-0.25, -0.2) is 4.98 Å².